The summed E-state index contributed by atoms with van der Waals surface area (Å²) in [6.45, 7) is 5.59. The van der Waals surface area contributed by atoms with Gasteiger partial charge in [-0.05, 0) is 37.6 Å². The van der Waals surface area contributed by atoms with Crippen molar-refractivity contribution in [1.82, 2.24) is 9.88 Å². The molecule has 0 saturated carbocycles. The molecule has 1 N–H and O–H groups in total. The third kappa shape index (κ3) is 3.74. The number of fused-ring (bicyclic) bond motifs is 1. The first-order valence-electron chi connectivity index (χ1n) is 9.49. The summed E-state index contributed by atoms with van der Waals surface area (Å²) in [6, 6.07) is 19.8. The fourth-order valence-electron chi connectivity index (χ4n) is 3.51. The van der Waals surface area contributed by atoms with Crippen molar-refractivity contribution >= 4 is 5.91 Å². The summed E-state index contributed by atoms with van der Waals surface area (Å²) >= 11 is 0. The van der Waals surface area contributed by atoms with E-state index >= 15 is 0 Å². The van der Waals surface area contributed by atoms with Gasteiger partial charge in [-0.15, -0.1) is 0 Å². The van der Waals surface area contributed by atoms with E-state index < -0.39 is 0 Å². The van der Waals surface area contributed by atoms with Crippen LogP contribution in [0.5, 0.6) is 11.5 Å². The minimum absolute atomic E-state index is 0.0881. The van der Waals surface area contributed by atoms with E-state index in [0.717, 1.165) is 23.7 Å². The van der Waals surface area contributed by atoms with Gasteiger partial charge in [-0.1, -0.05) is 42.5 Å². The molecule has 5 nitrogen and oxygen atoms in total. The molecule has 0 spiro atoms. The number of nitrogens with one attached hydrogen (secondary N) is 1. The average molecular weight is 376 g/mol. The SMILES string of the molecule is Cc1cc(C(=O)NC[C@H]2COc3ccccc3O2)c(C)n1Cc1ccccc1. The molecule has 5 heteroatoms. The number of carbonyl (C=O) groups excluding carboxylic acids is 1. The lowest BCUT2D eigenvalue weighted by atomic mass is 10.2. The van der Waals surface area contributed by atoms with Gasteiger partial charge in [-0.2, -0.15) is 0 Å². The predicted molar refractivity (Wildman–Crippen MR) is 108 cm³/mol. The molecule has 0 fully saturated rings. The lowest BCUT2D eigenvalue weighted by Gasteiger charge is -2.26. The van der Waals surface area contributed by atoms with Crippen molar-refractivity contribution in [1.29, 1.82) is 0 Å². The zero-order valence-corrected chi connectivity index (χ0v) is 16.1. The number of hydrogen-bond donors (Lipinski definition) is 1. The van der Waals surface area contributed by atoms with Crippen LogP contribution in [0.2, 0.25) is 0 Å². The van der Waals surface area contributed by atoms with Crippen molar-refractivity contribution in [3.63, 3.8) is 0 Å². The van der Waals surface area contributed by atoms with Gasteiger partial charge in [0.05, 0.1) is 12.1 Å². The maximum absolute atomic E-state index is 12.8. The van der Waals surface area contributed by atoms with Crippen LogP contribution in [0, 0.1) is 13.8 Å². The first-order valence-corrected chi connectivity index (χ1v) is 9.49. The van der Waals surface area contributed by atoms with E-state index in [1.165, 1.54) is 5.56 Å². The fraction of sp³-hybridized carbons (Fsp3) is 0.261. The number of benzene rings is 2. The number of rotatable bonds is 5. The number of para-hydroxylation sites is 2. The number of aromatic nitrogens is 1. The van der Waals surface area contributed by atoms with Gasteiger partial charge < -0.3 is 19.4 Å². The third-order valence-corrected chi connectivity index (χ3v) is 5.06. The number of aryl methyl sites for hydroxylation is 1. The molecule has 0 bridgehead atoms. The summed E-state index contributed by atoms with van der Waals surface area (Å²) in [5, 5.41) is 2.99. The van der Waals surface area contributed by atoms with Crippen molar-refractivity contribution in [3.8, 4) is 11.5 Å². The van der Waals surface area contributed by atoms with E-state index in [-0.39, 0.29) is 12.0 Å². The Balaban J connectivity index is 1.41. The number of ether oxygens (including phenoxy) is 2. The van der Waals surface area contributed by atoms with Gasteiger partial charge in [0, 0.05) is 17.9 Å². The Labute approximate surface area is 164 Å². The van der Waals surface area contributed by atoms with Crippen molar-refractivity contribution in [2.75, 3.05) is 13.2 Å². The zero-order chi connectivity index (χ0) is 19.5. The molecule has 0 radical (unpaired) electrons. The Morgan fingerprint density at radius 1 is 1.07 bits per heavy atom. The molecule has 1 atom stereocenters. The average Bonchev–Trinajstić information content (AvgIpc) is 3.01. The first kappa shape index (κ1) is 18.2. The van der Waals surface area contributed by atoms with Crippen LogP contribution < -0.4 is 14.8 Å². The molecule has 144 valence electrons. The smallest absolute Gasteiger partial charge is 0.253 e. The Bertz CT molecular complexity index is 979. The lowest BCUT2D eigenvalue weighted by molar-refractivity contribution is 0.0789. The molecule has 2 aromatic carbocycles. The van der Waals surface area contributed by atoms with Gasteiger partial charge in [-0.25, -0.2) is 0 Å². The molecule has 3 aromatic rings. The number of amides is 1. The second kappa shape index (κ2) is 7.80. The van der Waals surface area contributed by atoms with Crippen LogP contribution in [-0.2, 0) is 6.54 Å². The summed E-state index contributed by atoms with van der Waals surface area (Å²) in [7, 11) is 0. The molecular weight excluding hydrogens is 352 g/mol. The van der Waals surface area contributed by atoms with Crippen molar-refractivity contribution in [2.24, 2.45) is 0 Å². The maximum atomic E-state index is 12.8. The summed E-state index contributed by atoms with van der Waals surface area (Å²) in [5.41, 5.74) is 3.94. The fourth-order valence-corrected chi connectivity index (χ4v) is 3.51. The molecular formula is C23H24N2O3. The Morgan fingerprint density at radius 2 is 1.79 bits per heavy atom. The van der Waals surface area contributed by atoms with E-state index in [1.807, 2.05) is 62.4 Å². The first-order chi connectivity index (χ1) is 13.6. The normalized spacial score (nSPS) is 15.3. The number of hydrogen-bond acceptors (Lipinski definition) is 3. The van der Waals surface area contributed by atoms with E-state index in [1.54, 1.807) is 0 Å². The summed E-state index contributed by atoms with van der Waals surface area (Å²) in [6.07, 6.45) is -0.202. The van der Waals surface area contributed by atoms with E-state index in [0.29, 0.717) is 24.5 Å². The van der Waals surface area contributed by atoms with Crippen LogP contribution in [0.1, 0.15) is 27.3 Å². The van der Waals surface area contributed by atoms with Crippen LogP contribution in [0.3, 0.4) is 0 Å². The highest BCUT2D eigenvalue weighted by Gasteiger charge is 2.22. The van der Waals surface area contributed by atoms with E-state index in [9.17, 15) is 4.79 Å². The van der Waals surface area contributed by atoms with Crippen molar-refractivity contribution < 1.29 is 14.3 Å². The molecule has 4 rings (SSSR count). The summed E-state index contributed by atoms with van der Waals surface area (Å²) < 4.78 is 13.8. The van der Waals surface area contributed by atoms with Crippen molar-refractivity contribution in [2.45, 2.75) is 26.5 Å². The van der Waals surface area contributed by atoms with Gasteiger partial charge in [-0.3, -0.25) is 4.79 Å². The van der Waals surface area contributed by atoms with Crippen LogP contribution in [0.4, 0.5) is 0 Å². The van der Waals surface area contributed by atoms with Gasteiger partial charge in [0.1, 0.15) is 12.7 Å². The van der Waals surface area contributed by atoms with Crippen LogP contribution in [0.25, 0.3) is 0 Å². The standard InChI is InChI=1S/C23H24N2O3/c1-16-12-20(17(2)25(16)14-18-8-4-3-5-9-18)23(26)24-13-19-15-27-21-10-6-7-11-22(21)28-19/h3-12,19H,13-15H2,1-2H3,(H,24,26)/t19-/m0/s1. The Hall–Kier alpha value is -3.21. The topological polar surface area (TPSA) is 52.5 Å². The molecule has 0 unspecified atom stereocenters. The maximum Gasteiger partial charge on any atom is 0.253 e. The van der Waals surface area contributed by atoms with E-state index in [4.69, 9.17) is 9.47 Å². The van der Waals surface area contributed by atoms with Crippen LogP contribution >= 0.6 is 0 Å². The minimum Gasteiger partial charge on any atom is -0.486 e. The number of nitrogens with zero attached hydrogens (tertiary/aromatic N) is 1. The summed E-state index contributed by atoms with van der Waals surface area (Å²) in [4.78, 5) is 12.8. The summed E-state index contributed by atoms with van der Waals surface area (Å²) in [5.74, 6) is 1.37. The highest BCUT2D eigenvalue weighted by molar-refractivity contribution is 5.95. The predicted octanol–water partition coefficient (Wildman–Crippen LogP) is 3.72. The molecule has 0 saturated heterocycles. The van der Waals surface area contributed by atoms with Crippen LogP contribution in [0.15, 0.2) is 60.7 Å². The highest BCUT2D eigenvalue weighted by Crippen LogP contribution is 2.30. The highest BCUT2D eigenvalue weighted by atomic mass is 16.6. The second-order valence-corrected chi connectivity index (χ2v) is 7.06. The van der Waals surface area contributed by atoms with Gasteiger partial charge in [0.15, 0.2) is 11.5 Å². The Morgan fingerprint density at radius 3 is 2.57 bits per heavy atom. The molecule has 1 aliphatic heterocycles. The second-order valence-electron chi connectivity index (χ2n) is 7.06. The monoisotopic (exact) mass is 376 g/mol. The van der Waals surface area contributed by atoms with Gasteiger partial charge >= 0.3 is 0 Å². The lowest BCUT2D eigenvalue weighted by Crippen LogP contribution is -2.40. The van der Waals surface area contributed by atoms with Gasteiger partial charge in [0.2, 0.25) is 0 Å². The molecule has 1 aliphatic rings. The molecule has 2 heterocycles. The quantitative estimate of drug-likeness (QED) is 0.738. The molecule has 1 aromatic heterocycles. The zero-order valence-electron chi connectivity index (χ0n) is 16.1. The minimum atomic E-state index is -0.202. The molecule has 0 aliphatic carbocycles. The van der Waals surface area contributed by atoms with Crippen molar-refractivity contribution in [3.05, 3.63) is 83.2 Å². The molecule has 28 heavy (non-hydrogen) atoms. The van der Waals surface area contributed by atoms with Gasteiger partial charge in [0.25, 0.3) is 5.91 Å². The van der Waals surface area contributed by atoms with Crippen LogP contribution in [-0.4, -0.2) is 29.7 Å². The number of carbonyl (C=O) groups is 1. The molecule has 1 amide bonds. The van der Waals surface area contributed by atoms with E-state index in [2.05, 4.69) is 22.0 Å². The largest absolute Gasteiger partial charge is 0.486 e. The third-order valence-electron chi connectivity index (χ3n) is 5.06. The Kier molecular flexibility index (Phi) is 5.06.